The number of rotatable bonds is 3. The topological polar surface area (TPSA) is 29.6 Å². The van der Waals surface area contributed by atoms with Gasteiger partial charge in [0.25, 0.3) is 0 Å². The lowest BCUT2D eigenvalue weighted by molar-refractivity contribution is -0.117. The molecule has 4 atom stereocenters. The Balaban J connectivity index is 1.73. The lowest BCUT2D eigenvalue weighted by Gasteiger charge is -2.45. The number of carbonyl (C=O) groups excluding carboxylic acids is 1. The van der Waals surface area contributed by atoms with E-state index in [4.69, 9.17) is 4.74 Å². The monoisotopic (exact) mass is 250 g/mol. The molecule has 0 aromatic carbocycles. The Morgan fingerprint density at radius 3 is 2.56 bits per heavy atom. The van der Waals surface area contributed by atoms with Crippen molar-refractivity contribution >= 4 is 6.29 Å². The minimum absolute atomic E-state index is 0.186. The van der Waals surface area contributed by atoms with E-state index in [1.54, 1.807) is 0 Å². The van der Waals surface area contributed by atoms with E-state index in [1.807, 2.05) is 0 Å². The Hall–Kier alpha value is -0.370. The molecule has 0 N–H and O–H groups in total. The normalized spacial score (nSPS) is 46.2. The van der Waals surface area contributed by atoms with Gasteiger partial charge in [0, 0.05) is 5.92 Å². The molecule has 0 spiro atoms. The molecular formula is C16H26O2. The number of hydrogen-bond acceptors (Lipinski definition) is 2. The molecule has 0 bridgehead atoms. The lowest BCUT2D eigenvalue weighted by Crippen LogP contribution is -2.40. The molecule has 2 heteroatoms. The Labute approximate surface area is 110 Å². The number of carbonyl (C=O) groups is 1. The molecule has 3 fully saturated rings. The predicted molar refractivity (Wildman–Crippen MR) is 71.4 cm³/mol. The summed E-state index contributed by atoms with van der Waals surface area (Å²) in [5.74, 6) is 0.222. The molecule has 0 aromatic rings. The zero-order valence-electron chi connectivity index (χ0n) is 11.8. The molecule has 0 radical (unpaired) electrons. The SMILES string of the molecule is CC1(CC2(C)CC3OC3CC2C=O)CCCCC1. The zero-order valence-corrected chi connectivity index (χ0v) is 11.8. The van der Waals surface area contributed by atoms with Gasteiger partial charge in [-0.1, -0.05) is 33.1 Å². The van der Waals surface area contributed by atoms with E-state index in [2.05, 4.69) is 13.8 Å². The molecule has 0 amide bonds. The first-order chi connectivity index (χ1) is 8.55. The van der Waals surface area contributed by atoms with Crippen molar-refractivity contribution in [3.05, 3.63) is 0 Å². The molecule has 2 saturated carbocycles. The maximum Gasteiger partial charge on any atom is 0.123 e. The average molecular weight is 250 g/mol. The van der Waals surface area contributed by atoms with Crippen LogP contribution in [-0.2, 0) is 9.53 Å². The van der Waals surface area contributed by atoms with Gasteiger partial charge >= 0.3 is 0 Å². The maximum absolute atomic E-state index is 11.4. The number of ether oxygens (including phenoxy) is 1. The molecule has 1 saturated heterocycles. The van der Waals surface area contributed by atoms with E-state index in [0.717, 1.165) is 12.8 Å². The Kier molecular flexibility index (Phi) is 3.04. The largest absolute Gasteiger partial charge is 0.370 e. The van der Waals surface area contributed by atoms with Gasteiger partial charge in [-0.25, -0.2) is 0 Å². The van der Waals surface area contributed by atoms with Gasteiger partial charge in [0.2, 0.25) is 0 Å². The first kappa shape index (κ1) is 12.7. The summed E-state index contributed by atoms with van der Waals surface area (Å²) in [5, 5.41) is 0. The van der Waals surface area contributed by atoms with Crippen molar-refractivity contribution < 1.29 is 9.53 Å². The summed E-state index contributed by atoms with van der Waals surface area (Å²) in [6.07, 6.45) is 12.2. The molecule has 1 heterocycles. The smallest absolute Gasteiger partial charge is 0.123 e. The van der Waals surface area contributed by atoms with Gasteiger partial charge in [-0.3, -0.25) is 0 Å². The number of fused-ring (bicyclic) bond motifs is 1. The van der Waals surface area contributed by atoms with Gasteiger partial charge in [-0.2, -0.15) is 0 Å². The third-order valence-corrected chi connectivity index (χ3v) is 5.79. The predicted octanol–water partition coefficient (Wildman–Crippen LogP) is 3.73. The molecule has 102 valence electrons. The van der Waals surface area contributed by atoms with Crippen molar-refractivity contribution in [2.45, 2.75) is 77.4 Å². The lowest BCUT2D eigenvalue weighted by atomic mass is 9.58. The molecule has 4 unspecified atom stereocenters. The van der Waals surface area contributed by atoms with Gasteiger partial charge in [0.05, 0.1) is 12.2 Å². The minimum Gasteiger partial charge on any atom is -0.370 e. The number of hydrogen-bond donors (Lipinski definition) is 0. The molecule has 3 rings (SSSR count). The second-order valence-corrected chi connectivity index (χ2v) is 7.60. The quantitative estimate of drug-likeness (QED) is 0.564. The third kappa shape index (κ3) is 2.24. The first-order valence-corrected chi connectivity index (χ1v) is 7.65. The third-order valence-electron chi connectivity index (χ3n) is 5.79. The highest BCUT2D eigenvalue weighted by Gasteiger charge is 2.54. The Bertz CT molecular complexity index is 332. The van der Waals surface area contributed by atoms with Crippen LogP contribution in [0.25, 0.3) is 0 Å². The summed E-state index contributed by atoms with van der Waals surface area (Å²) >= 11 is 0. The summed E-state index contributed by atoms with van der Waals surface area (Å²) in [4.78, 5) is 11.4. The van der Waals surface area contributed by atoms with Crippen LogP contribution in [0.4, 0.5) is 0 Å². The fourth-order valence-electron chi connectivity index (χ4n) is 4.69. The van der Waals surface area contributed by atoms with Crippen molar-refractivity contribution in [1.29, 1.82) is 0 Å². The molecule has 0 aromatic heterocycles. The summed E-state index contributed by atoms with van der Waals surface area (Å²) in [6.45, 7) is 4.78. The fraction of sp³-hybridized carbons (Fsp3) is 0.938. The Morgan fingerprint density at radius 1 is 1.17 bits per heavy atom. The second-order valence-electron chi connectivity index (χ2n) is 7.60. The van der Waals surface area contributed by atoms with Crippen LogP contribution in [0.2, 0.25) is 0 Å². The van der Waals surface area contributed by atoms with Crippen LogP contribution in [0.5, 0.6) is 0 Å². The van der Waals surface area contributed by atoms with Crippen LogP contribution in [0.3, 0.4) is 0 Å². The Morgan fingerprint density at radius 2 is 1.89 bits per heavy atom. The van der Waals surface area contributed by atoms with Crippen molar-refractivity contribution in [3.8, 4) is 0 Å². The van der Waals surface area contributed by atoms with Crippen LogP contribution in [0.15, 0.2) is 0 Å². The summed E-state index contributed by atoms with van der Waals surface area (Å²) in [6, 6.07) is 0. The molecule has 1 aliphatic heterocycles. The highest BCUT2D eigenvalue weighted by Crippen LogP contribution is 2.55. The maximum atomic E-state index is 11.4. The van der Waals surface area contributed by atoms with Gasteiger partial charge in [0.1, 0.15) is 6.29 Å². The van der Waals surface area contributed by atoms with E-state index in [1.165, 1.54) is 44.8 Å². The van der Waals surface area contributed by atoms with Crippen LogP contribution in [0, 0.1) is 16.7 Å². The van der Waals surface area contributed by atoms with Crippen LogP contribution < -0.4 is 0 Å². The summed E-state index contributed by atoms with van der Waals surface area (Å²) < 4.78 is 5.67. The summed E-state index contributed by atoms with van der Waals surface area (Å²) in [5.41, 5.74) is 0.654. The molecule has 18 heavy (non-hydrogen) atoms. The number of epoxide rings is 1. The second kappa shape index (κ2) is 4.33. The van der Waals surface area contributed by atoms with E-state index in [-0.39, 0.29) is 11.3 Å². The highest BCUT2D eigenvalue weighted by molar-refractivity contribution is 5.56. The fourth-order valence-corrected chi connectivity index (χ4v) is 4.69. The summed E-state index contributed by atoms with van der Waals surface area (Å²) in [7, 11) is 0. The van der Waals surface area contributed by atoms with E-state index in [9.17, 15) is 4.79 Å². The first-order valence-electron chi connectivity index (χ1n) is 7.65. The van der Waals surface area contributed by atoms with Crippen LogP contribution >= 0.6 is 0 Å². The molecule has 2 aliphatic carbocycles. The van der Waals surface area contributed by atoms with Gasteiger partial charge < -0.3 is 9.53 Å². The van der Waals surface area contributed by atoms with Gasteiger partial charge in [-0.15, -0.1) is 0 Å². The van der Waals surface area contributed by atoms with Crippen LogP contribution in [-0.4, -0.2) is 18.5 Å². The van der Waals surface area contributed by atoms with Crippen molar-refractivity contribution in [2.75, 3.05) is 0 Å². The van der Waals surface area contributed by atoms with Crippen LogP contribution in [0.1, 0.15) is 65.2 Å². The molecule has 3 aliphatic rings. The van der Waals surface area contributed by atoms with Gasteiger partial charge in [-0.05, 0) is 42.9 Å². The molecule has 2 nitrogen and oxygen atoms in total. The van der Waals surface area contributed by atoms with Crippen molar-refractivity contribution in [1.82, 2.24) is 0 Å². The van der Waals surface area contributed by atoms with E-state index < -0.39 is 0 Å². The van der Waals surface area contributed by atoms with E-state index >= 15 is 0 Å². The highest BCUT2D eigenvalue weighted by atomic mass is 16.6. The molecular weight excluding hydrogens is 224 g/mol. The van der Waals surface area contributed by atoms with Crippen molar-refractivity contribution in [3.63, 3.8) is 0 Å². The van der Waals surface area contributed by atoms with E-state index in [0.29, 0.717) is 17.6 Å². The van der Waals surface area contributed by atoms with Gasteiger partial charge in [0.15, 0.2) is 0 Å². The minimum atomic E-state index is 0.186. The number of aldehydes is 1. The van der Waals surface area contributed by atoms with Crippen molar-refractivity contribution in [2.24, 2.45) is 16.7 Å². The average Bonchev–Trinajstić information content (AvgIpc) is 3.04. The standard InChI is InChI=1S/C16H26O2/c1-15(6-4-3-5-7-15)11-16(2)9-14-13(18-14)8-12(16)10-17/h10,12-14H,3-9,11H2,1-2H3. The zero-order chi connectivity index (χ0) is 12.8.